The summed E-state index contributed by atoms with van der Waals surface area (Å²) in [5, 5.41) is 0. The summed E-state index contributed by atoms with van der Waals surface area (Å²) in [6, 6.07) is 12.1. The lowest BCUT2D eigenvalue weighted by Gasteiger charge is -2.32. The van der Waals surface area contributed by atoms with Crippen molar-refractivity contribution in [2.45, 2.75) is 37.2 Å². The number of rotatable bonds is 3. The molecule has 1 aliphatic heterocycles. The van der Waals surface area contributed by atoms with Gasteiger partial charge in [0.15, 0.2) is 0 Å². The van der Waals surface area contributed by atoms with Gasteiger partial charge < -0.3 is 4.74 Å². The van der Waals surface area contributed by atoms with Gasteiger partial charge in [-0.1, -0.05) is 22.0 Å². The van der Waals surface area contributed by atoms with Crippen molar-refractivity contribution in [3.8, 4) is 5.75 Å². The fraction of sp³-hybridized carbons (Fsp3) is 0.294. The average molecular weight is 396 g/mol. The van der Waals surface area contributed by atoms with E-state index in [1.165, 1.54) is 0 Å². The minimum Gasteiger partial charge on any atom is -0.488 e. The molecule has 3 rings (SSSR count). The number of benzene rings is 2. The lowest BCUT2D eigenvalue weighted by atomic mass is 9.94. The molecule has 122 valence electrons. The molecule has 1 N–H and O–H groups in total. The van der Waals surface area contributed by atoms with Gasteiger partial charge in [-0.15, -0.1) is 0 Å². The summed E-state index contributed by atoms with van der Waals surface area (Å²) in [7, 11) is -3.62. The van der Waals surface area contributed by atoms with Crippen molar-refractivity contribution in [2.75, 3.05) is 4.72 Å². The third kappa shape index (κ3) is 3.70. The molecule has 1 aliphatic rings. The fourth-order valence-corrected chi connectivity index (χ4v) is 4.07. The molecule has 0 aliphatic carbocycles. The van der Waals surface area contributed by atoms with Gasteiger partial charge in [-0.2, -0.15) is 0 Å². The molecule has 2 aromatic rings. The molecule has 0 amide bonds. The summed E-state index contributed by atoms with van der Waals surface area (Å²) in [6.45, 7) is 4.07. The van der Waals surface area contributed by atoms with Gasteiger partial charge >= 0.3 is 0 Å². The zero-order valence-corrected chi connectivity index (χ0v) is 15.4. The van der Waals surface area contributed by atoms with Gasteiger partial charge in [0, 0.05) is 10.2 Å². The van der Waals surface area contributed by atoms with Gasteiger partial charge in [-0.05, 0) is 68.7 Å². The second-order valence-corrected chi connectivity index (χ2v) is 8.85. The highest BCUT2D eigenvalue weighted by molar-refractivity contribution is 9.10. The third-order valence-electron chi connectivity index (χ3n) is 3.80. The maximum absolute atomic E-state index is 12.6. The summed E-state index contributed by atoms with van der Waals surface area (Å²) in [5.74, 6) is 0.766. The van der Waals surface area contributed by atoms with Crippen LogP contribution in [0, 0.1) is 0 Å². The number of sulfonamides is 1. The molecule has 23 heavy (non-hydrogen) atoms. The topological polar surface area (TPSA) is 55.4 Å². The number of aryl methyl sites for hydroxylation is 1. The van der Waals surface area contributed by atoms with Crippen LogP contribution in [-0.4, -0.2) is 14.0 Å². The van der Waals surface area contributed by atoms with E-state index in [-0.39, 0.29) is 10.5 Å². The fourth-order valence-electron chi connectivity index (χ4n) is 2.57. The monoisotopic (exact) mass is 395 g/mol. The van der Waals surface area contributed by atoms with E-state index in [9.17, 15) is 8.42 Å². The lowest BCUT2D eigenvalue weighted by Crippen LogP contribution is -2.32. The van der Waals surface area contributed by atoms with Gasteiger partial charge in [-0.25, -0.2) is 8.42 Å². The normalized spacial score (nSPS) is 16.3. The number of hydrogen-bond acceptors (Lipinski definition) is 3. The largest absolute Gasteiger partial charge is 0.488 e. The van der Waals surface area contributed by atoms with Gasteiger partial charge in [0.05, 0.1) is 4.90 Å². The van der Waals surface area contributed by atoms with Crippen LogP contribution in [0.5, 0.6) is 5.75 Å². The predicted octanol–water partition coefficient (Wildman–Crippen LogP) is 4.35. The molecule has 1 heterocycles. The standard InChI is InChI=1S/C17H18BrNO3S/c1-17(2)9-8-12-10-15(6-7-16(12)22-17)23(20,21)19-14-5-3-4-13(18)11-14/h3-7,10-11,19H,8-9H2,1-2H3. The van der Waals surface area contributed by atoms with Crippen LogP contribution in [-0.2, 0) is 16.4 Å². The molecule has 0 radical (unpaired) electrons. The molecule has 0 unspecified atom stereocenters. The van der Waals surface area contributed by atoms with Crippen molar-refractivity contribution >= 4 is 31.6 Å². The quantitative estimate of drug-likeness (QED) is 0.839. The number of anilines is 1. The van der Waals surface area contributed by atoms with Crippen LogP contribution >= 0.6 is 15.9 Å². The Morgan fingerprint density at radius 1 is 1.17 bits per heavy atom. The molecule has 6 heteroatoms. The van der Waals surface area contributed by atoms with Gasteiger partial charge in [0.1, 0.15) is 11.4 Å². The number of nitrogens with one attached hydrogen (secondary N) is 1. The predicted molar refractivity (Wildman–Crippen MR) is 94.4 cm³/mol. The molecule has 4 nitrogen and oxygen atoms in total. The van der Waals surface area contributed by atoms with Crippen molar-refractivity contribution in [2.24, 2.45) is 0 Å². The number of halogens is 1. The van der Waals surface area contributed by atoms with E-state index >= 15 is 0 Å². The zero-order valence-electron chi connectivity index (χ0n) is 13.0. The van der Waals surface area contributed by atoms with Crippen molar-refractivity contribution in [3.63, 3.8) is 0 Å². The Labute approximate surface area is 145 Å². The molecule has 0 spiro atoms. The number of fused-ring (bicyclic) bond motifs is 1. The molecule has 0 atom stereocenters. The van der Waals surface area contributed by atoms with Crippen LogP contribution in [0.15, 0.2) is 51.8 Å². The zero-order chi connectivity index (χ0) is 16.7. The Kier molecular flexibility index (Phi) is 4.14. The Hall–Kier alpha value is -1.53. The Bertz CT molecular complexity index is 847. The second kappa shape index (κ2) is 5.83. The summed E-state index contributed by atoms with van der Waals surface area (Å²) in [5.41, 5.74) is 1.25. The van der Waals surface area contributed by atoms with Crippen LogP contribution in [0.4, 0.5) is 5.69 Å². The minimum absolute atomic E-state index is 0.206. The van der Waals surface area contributed by atoms with E-state index in [1.54, 1.807) is 36.4 Å². The van der Waals surface area contributed by atoms with Crippen LogP contribution < -0.4 is 9.46 Å². The van der Waals surface area contributed by atoms with Crippen LogP contribution in [0.1, 0.15) is 25.8 Å². The molecular weight excluding hydrogens is 378 g/mol. The van der Waals surface area contributed by atoms with E-state index in [0.29, 0.717) is 5.69 Å². The molecule has 0 saturated carbocycles. The summed E-state index contributed by atoms with van der Waals surface area (Å²) >= 11 is 3.33. The third-order valence-corrected chi connectivity index (χ3v) is 5.67. The Morgan fingerprint density at radius 2 is 1.96 bits per heavy atom. The van der Waals surface area contributed by atoms with E-state index in [4.69, 9.17) is 4.74 Å². The highest BCUT2D eigenvalue weighted by Gasteiger charge is 2.27. The van der Waals surface area contributed by atoms with Crippen molar-refractivity contribution in [1.29, 1.82) is 0 Å². The second-order valence-electron chi connectivity index (χ2n) is 6.25. The highest BCUT2D eigenvalue weighted by Crippen LogP contribution is 2.34. The Morgan fingerprint density at radius 3 is 2.70 bits per heavy atom. The van der Waals surface area contributed by atoms with Crippen LogP contribution in [0.25, 0.3) is 0 Å². The average Bonchev–Trinajstić information content (AvgIpc) is 2.45. The summed E-state index contributed by atoms with van der Waals surface area (Å²) in [4.78, 5) is 0.250. The lowest BCUT2D eigenvalue weighted by molar-refractivity contribution is 0.0845. The first-order valence-corrected chi connectivity index (χ1v) is 9.63. The molecule has 2 aromatic carbocycles. The van der Waals surface area contributed by atoms with E-state index in [0.717, 1.165) is 28.6 Å². The van der Waals surface area contributed by atoms with Crippen LogP contribution in [0.2, 0.25) is 0 Å². The van der Waals surface area contributed by atoms with Crippen LogP contribution in [0.3, 0.4) is 0 Å². The van der Waals surface area contributed by atoms with Gasteiger partial charge in [-0.3, -0.25) is 4.72 Å². The highest BCUT2D eigenvalue weighted by atomic mass is 79.9. The van der Waals surface area contributed by atoms with E-state index < -0.39 is 10.0 Å². The number of ether oxygens (including phenoxy) is 1. The first-order valence-electron chi connectivity index (χ1n) is 7.36. The Balaban J connectivity index is 1.89. The molecule has 0 fully saturated rings. The van der Waals surface area contributed by atoms with Gasteiger partial charge in [0.2, 0.25) is 0 Å². The maximum atomic E-state index is 12.6. The molecule has 0 saturated heterocycles. The van der Waals surface area contributed by atoms with E-state index in [1.807, 2.05) is 19.9 Å². The number of hydrogen-bond donors (Lipinski definition) is 1. The maximum Gasteiger partial charge on any atom is 0.261 e. The smallest absolute Gasteiger partial charge is 0.261 e. The van der Waals surface area contributed by atoms with Crippen molar-refractivity contribution in [1.82, 2.24) is 0 Å². The van der Waals surface area contributed by atoms with Crippen molar-refractivity contribution < 1.29 is 13.2 Å². The SMILES string of the molecule is CC1(C)CCc2cc(S(=O)(=O)Nc3cccc(Br)c3)ccc2O1. The summed E-state index contributed by atoms with van der Waals surface area (Å²) < 4.78 is 34.4. The molecular formula is C17H18BrNO3S. The first kappa shape index (κ1) is 16.3. The minimum atomic E-state index is -3.62. The van der Waals surface area contributed by atoms with Crippen molar-refractivity contribution in [3.05, 3.63) is 52.5 Å². The van der Waals surface area contributed by atoms with E-state index in [2.05, 4.69) is 20.7 Å². The summed E-state index contributed by atoms with van der Waals surface area (Å²) in [6.07, 6.45) is 1.67. The molecule has 0 bridgehead atoms. The van der Waals surface area contributed by atoms with Gasteiger partial charge in [0.25, 0.3) is 10.0 Å². The first-order chi connectivity index (χ1) is 10.8. The molecule has 0 aromatic heterocycles.